The Morgan fingerprint density at radius 1 is 1.38 bits per heavy atom. The molecule has 1 aromatic rings. The van der Waals surface area contributed by atoms with Crippen LogP contribution in [0.15, 0.2) is 18.2 Å². The third-order valence-corrected chi connectivity index (χ3v) is 2.45. The molecule has 0 saturated carbocycles. The molecule has 4 heteroatoms. The first-order valence-electron chi connectivity index (χ1n) is 3.81. The molecule has 0 aromatic heterocycles. The maximum Gasteiger partial charge on any atom is 0.151 e. The van der Waals surface area contributed by atoms with Crippen LogP contribution in [0.3, 0.4) is 0 Å². The van der Waals surface area contributed by atoms with E-state index in [0.29, 0.717) is 0 Å². The minimum Gasteiger partial charge on any atom is -0.229 e. The van der Waals surface area contributed by atoms with Gasteiger partial charge in [-0.3, -0.25) is 0 Å². The van der Waals surface area contributed by atoms with Gasteiger partial charge in [0.1, 0.15) is 5.82 Å². The minimum absolute atomic E-state index is 0.236. The van der Waals surface area contributed by atoms with Crippen molar-refractivity contribution in [2.75, 3.05) is 6.26 Å². The fourth-order valence-corrected chi connectivity index (χ4v) is 1.88. The van der Waals surface area contributed by atoms with Gasteiger partial charge in [-0.25, -0.2) is 12.8 Å². The molecule has 0 unspecified atom stereocenters. The summed E-state index contributed by atoms with van der Waals surface area (Å²) in [5, 5.41) is 0. The lowest BCUT2D eigenvalue weighted by atomic mass is 10.1. The third kappa shape index (κ3) is 3.14. The monoisotopic (exact) mass is 202 g/mol. The quantitative estimate of drug-likeness (QED) is 0.731. The summed E-state index contributed by atoms with van der Waals surface area (Å²) in [7, 11) is -3.16. The number of benzene rings is 1. The van der Waals surface area contributed by atoms with Crippen molar-refractivity contribution in [3.05, 3.63) is 35.1 Å². The van der Waals surface area contributed by atoms with Crippen LogP contribution in [-0.4, -0.2) is 14.7 Å². The van der Waals surface area contributed by atoms with Crippen molar-refractivity contribution < 1.29 is 12.8 Å². The molecule has 1 aromatic carbocycles. The molecular formula is C9H11FO2S. The molecule has 0 saturated heterocycles. The standard InChI is InChI=1S/C9H11FO2S/c1-7-3-4-9(10)8(5-7)6-13(2,11)12/h3-5H,6H2,1-2H3. The predicted molar refractivity (Wildman–Crippen MR) is 49.7 cm³/mol. The first-order chi connectivity index (χ1) is 5.88. The molecular weight excluding hydrogens is 191 g/mol. The summed E-state index contributed by atoms with van der Waals surface area (Å²) in [4.78, 5) is 0. The van der Waals surface area contributed by atoms with Gasteiger partial charge < -0.3 is 0 Å². The zero-order valence-electron chi connectivity index (χ0n) is 7.54. The molecule has 0 radical (unpaired) electrons. The van der Waals surface area contributed by atoms with Gasteiger partial charge in [0.05, 0.1) is 5.75 Å². The van der Waals surface area contributed by atoms with Crippen LogP contribution in [0, 0.1) is 12.7 Å². The van der Waals surface area contributed by atoms with Crippen molar-refractivity contribution in [1.82, 2.24) is 0 Å². The highest BCUT2D eigenvalue weighted by Crippen LogP contribution is 2.12. The molecule has 13 heavy (non-hydrogen) atoms. The van der Waals surface area contributed by atoms with Gasteiger partial charge in [-0.05, 0) is 13.0 Å². The minimum atomic E-state index is -3.16. The van der Waals surface area contributed by atoms with Crippen molar-refractivity contribution in [2.24, 2.45) is 0 Å². The summed E-state index contributed by atoms with van der Waals surface area (Å²) in [6.07, 6.45) is 1.09. The molecule has 0 aliphatic rings. The predicted octanol–water partition coefficient (Wildman–Crippen LogP) is 1.68. The highest BCUT2D eigenvalue weighted by Gasteiger charge is 2.08. The van der Waals surface area contributed by atoms with Crippen molar-refractivity contribution in [3.63, 3.8) is 0 Å². The summed E-state index contributed by atoms with van der Waals surface area (Å²) < 4.78 is 34.8. The maximum absolute atomic E-state index is 13.0. The van der Waals surface area contributed by atoms with E-state index in [0.717, 1.165) is 11.8 Å². The number of aryl methyl sites for hydroxylation is 1. The van der Waals surface area contributed by atoms with E-state index in [4.69, 9.17) is 0 Å². The average molecular weight is 202 g/mol. The van der Waals surface area contributed by atoms with Crippen LogP contribution >= 0.6 is 0 Å². The van der Waals surface area contributed by atoms with Gasteiger partial charge in [-0.15, -0.1) is 0 Å². The molecule has 1 rings (SSSR count). The van der Waals surface area contributed by atoms with Crippen LogP contribution in [0.4, 0.5) is 4.39 Å². The Hall–Kier alpha value is -0.900. The smallest absolute Gasteiger partial charge is 0.151 e. The van der Waals surface area contributed by atoms with Crippen LogP contribution in [0.25, 0.3) is 0 Å². The van der Waals surface area contributed by atoms with Gasteiger partial charge in [-0.2, -0.15) is 0 Å². The van der Waals surface area contributed by atoms with E-state index in [1.807, 2.05) is 0 Å². The van der Waals surface area contributed by atoms with Gasteiger partial charge in [0.15, 0.2) is 9.84 Å². The summed E-state index contributed by atoms with van der Waals surface area (Å²) in [5.41, 5.74) is 1.10. The van der Waals surface area contributed by atoms with Crippen LogP contribution in [-0.2, 0) is 15.6 Å². The van der Waals surface area contributed by atoms with E-state index in [9.17, 15) is 12.8 Å². The number of sulfone groups is 1. The van der Waals surface area contributed by atoms with E-state index in [-0.39, 0.29) is 11.3 Å². The van der Waals surface area contributed by atoms with Gasteiger partial charge in [0.2, 0.25) is 0 Å². The molecule has 0 spiro atoms. The largest absolute Gasteiger partial charge is 0.229 e. The highest BCUT2D eigenvalue weighted by molar-refractivity contribution is 7.89. The topological polar surface area (TPSA) is 34.1 Å². The third-order valence-electron chi connectivity index (χ3n) is 1.62. The number of hydrogen-bond acceptors (Lipinski definition) is 2. The molecule has 0 atom stereocenters. The molecule has 0 aliphatic carbocycles. The summed E-state index contributed by atoms with van der Waals surface area (Å²) in [5.74, 6) is -0.698. The fraction of sp³-hybridized carbons (Fsp3) is 0.333. The van der Waals surface area contributed by atoms with Gasteiger partial charge in [-0.1, -0.05) is 17.7 Å². The highest BCUT2D eigenvalue weighted by atomic mass is 32.2. The Labute approximate surface area is 77.3 Å². The Morgan fingerprint density at radius 2 is 2.00 bits per heavy atom. The van der Waals surface area contributed by atoms with Crippen molar-refractivity contribution >= 4 is 9.84 Å². The fourth-order valence-electron chi connectivity index (χ4n) is 1.10. The second kappa shape index (κ2) is 3.46. The van der Waals surface area contributed by atoms with E-state index >= 15 is 0 Å². The lowest BCUT2D eigenvalue weighted by Gasteiger charge is -2.02. The second-order valence-electron chi connectivity index (χ2n) is 3.16. The van der Waals surface area contributed by atoms with E-state index in [1.165, 1.54) is 6.07 Å². The van der Waals surface area contributed by atoms with Crippen LogP contribution in [0.5, 0.6) is 0 Å². The van der Waals surface area contributed by atoms with E-state index < -0.39 is 15.7 Å². The van der Waals surface area contributed by atoms with Gasteiger partial charge in [0, 0.05) is 11.8 Å². The first kappa shape index (κ1) is 10.2. The SMILES string of the molecule is Cc1ccc(F)c(CS(C)(=O)=O)c1. The van der Waals surface area contributed by atoms with Crippen molar-refractivity contribution in [2.45, 2.75) is 12.7 Å². The normalized spacial score (nSPS) is 11.6. The summed E-state index contributed by atoms with van der Waals surface area (Å²) >= 11 is 0. The second-order valence-corrected chi connectivity index (χ2v) is 5.31. The molecule has 0 aliphatic heterocycles. The first-order valence-corrected chi connectivity index (χ1v) is 5.87. The number of rotatable bonds is 2. The summed E-state index contributed by atoms with van der Waals surface area (Å²) in [6.45, 7) is 1.80. The average Bonchev–Trinajstić information content (AvgIpc) is 1.94. The lowest BCUT2D eigenvalue weighted by molar-refractivity contribution is 0.591. The molecule has 0 heterocycles. The molecule has 0 amide bonds. The molecule has 0 N–H and O–H groups in total. The Balaban J connectivity index is 3.08. The molecule has 72 valence electrons. The number of hydrogen-bond donors (Lipinski definition) is 0. The summed E-state index contributed by atoms with van der Waals surface area (Å²) in [6, 6.07) is 4.45. The maximum atomic E-state index is 13.0. The van der Waals surface area contributed by atoms with Crippen molar-refractivity contribution in [3.8, 4) is 0 Å². The molecule has 0 fully saturated rings. The zero-order valence-corrected chi connectivity index (χ0v) is 8.36. The molecule has 2 nitrogen and oxygen atoms in total. The Bertz CT molecular complexity index is 410. The Morgan fingerprint density at radius 3 is 2.54 bits per heavy atom. The van der Waals surface area contributed by atoms with Crippen LogP contribution < -0.4 is 0 Å². The van der Waals surface area contributed by atoms with E-state index in [1.54, 1.807) is 19.1 Å². The Kier molecular flexibility index (Phi) is 2.71. The lowest BCUT2D eigenvalue weighted by Crippen LogP contribution is -2.03. The zero-order chi connectivity index (χ0) is 10.1. The van der Waals surface area contributed by atoms with E-state index in [2.05, 4.69) is 0 Å². The van der Waals surface area contributed by atoms with Gasteiger partial charge >= 0.3 is 0 Å². The van der Waals surface area contributed by atoms with Crippen LogP contribution in [0.2, 0.25) is 0 Å². The van der Waals surface area contributed by atoms with Crippen LogP contribution in [0.1, 0.15) is 11.1 Å². The van der Waals surface area contributed by atoms with Crippen molar-refractivity contribution in [1.29, 1.82) is 0 Å². The molecule has 0 bridgehead atoms. The number of halogens is 1. The van der Waals surface area contributed by atoms with Gasteiger partial charge in [0.25, 0.3) is 0 Å².